The van der Waals surface area contributed by atoms with E-state index >= 15 is 0 Å². The van der Waals surface area contributed by atoms with Crippen LogP contribution in [0.5, 0.6) is 0 Å². The number of alkyl halides is 3. The summed E-state index contributed by atoms with van der Waals surface area (Å²) in [7, 11) is 1.36. The van der Waals surface area contributed by atoms with Crippen molar-refractivity contribution in [2.45, 2.75) is 44.5 Å². The molecular weight excluding hydrogens is 321 g/mol. The van der Waals surface area contributed by atoms with Gasteiger partial charge in [0.15, 0.2) is 0 Å². The third-order valence-electron chi connectivity index (χ3n) is 2.56. The fourth-order valence-electron chi connectivity index (χ4n) is 1.82. The molecule has 0 atom stereocenters. The molecule has 1 heterocycles. The molecule has 0 amide bonds. The number of ether oxygens (including phenoxy) is 1. The van der Waals surface area contributed by atoms with Gasteiger partial charge in [0.2, 0.25) is 0 Å². The summed E-state index contributed by atoms with van der Waals surface area (Å²) in [6.45, 7) is 2.50. The van der Waals surface area contributed by atoms with E-state index in [2.05, 4.69) is 9.84 Å². The average molecular weight is 335 g/mol. The Morgan fingerprint density at radius 2 is 1.90 bits per heavy atom. The third-order valence-corrected chi connectivity index (χ3v) is 3.98. The number of halogens is 4. The van der Waals surface area contributed by atoms with Crippen LogP contribution in [0.15, 0.2) is 4.90 Å². The fourth-order valence-corrected chi connectivity index (χ4v) is 3.36. The first kappa shape index (κ1) is 17.3. The topological polar surface area (TPSA) is 61.2 Å². The van der Waals surface area contributed by atoms with Crippen LogP contribution in [0.4, 0.5) is 13.2 Å². The highest BCUT2D eigenvalue weighted by Crippen LogP contribution is 2.25. The van der Waals surface area contributed by atoms with E-state index in [4.69, 9.17) is 10.7 Å². The zero-order chi connectivity index (χ0) is 15.6. The normalized spacial score (nSPS) is 12.9. The minimum atomic E-state index is -4.73. The average Bonchev–Trinajstić information content (AvgIpc) is 2.65. The number of nitrogens with zero attached hydrogens (tertiary/aromatic N) is 2. The van der Waals surface area contributed by atoms with Gasteiger partial charge in [0.25, 0.3) is 9.05 Å². The van der Waals surface area contributed by atoms with Crippen molar-refractivity contribution >= 4 is 19.7 Å². The van der Waals surface area contributed by atoms with Crippen LogP contribution >= 0.6 is 10.7 Å². The molecular formula is C10H14ClF3N2O3S. The van der Waals surface area contributed by atoms with E-state index in [0.717, 1.165) is 0 Å². The van der Waals surface area contributed by atoms with Crippen molar-refractivity contribution < 1.29 is 26.3 Å². The van der Waals surface area contributed by atoms with E-state index in [1.54, 1.807) is 13.8 Å². The molecule has 5 nitrogen and oxygen atoms in total. The Kier molecular flexibility index (Phi) is 5.45. The lowest BCUT2D eigenvalue weighted by Crippen LogP contribution is -2.19. The molecule has 0 radical (unpaired) electrons. The predicted molar refractivity (Wildman–Crippen MR) is 66.0 cm³/mol. The molecule has 0 saturated heterocycles. The summed E-state index contributed by atoms with van der Waals surface area (Å²) in [5.41, 5.74) is 0.520. The monoisotopic (exact) mass is 334 g/mol. The first-order valence-electron chi connectivity index (χ1n) is 5.84. The summed E-state index contributed by atoms with van der Waals surface area (Å²) >= 11 is 0. The van der Waals surface area contributed by atoms with Crippen molar-refractivity contribution in [2.75, 3.05) is 6.61 Å². The Morgan fingerprint density at radius 1 is 1.30 bits per heavy atom. The minimum Gasteiger partial charge on any atom is -0.290 e. The van der Waals surface area contributed by atoms with Crippen LogP contribution in [0, 0.1) is 0 Å². The molecule has 0 fully saturated rings. The fraction of sp³-hybridized carbons (Fsp3) is 0.700. The van der Waals surface area contributed by atoms with Crippen LogP contribution in [-0.2, 0) is 33.2 Å². The van der Waals surface area contributed by atoms with E-state index in [-0.39, 0.29) is 29.2 Å². The summed E-state index contributed by atoms with van der Waals surface area (Å²) in [5, 5.41) is 3.99. The lowest BCUT2D eigenvalue weighted by Gasteiger charge is -2.09. The van der Waals surface area contributed by atoms with Crippen LogP contribution < -0.4 is 0 Å². The Balaban J connectivity index is 3.07. The largest absolute Gasteiger partial charge is 0.522 e. The van der Waals surface area contributed by atoms with Gasteiger partial charge in [0, 0.05) is 10.7 Å². The molecule has 1 aromatic rings. The molecule has 0 spiro atoms. The Hall–Kier alpha value is -0.800. The van der Waals surface area contributed by atoms with Crippen molar-refractivity contribution in [1.29, 1.82) is 0 Å². The van der Waals surface area contributed by atoms with E-state index in [0.29, 0.717) is 6.42 Å². The number of hydrogen-bond donors (Lipinski definition) is 0. The van der Waals surface area contributed by atoms with Crippen molar-refractivity contribution in [1.82, 2.24) is 9.78 Å². The van der Waals surface area contributed by atoms with Crippen LogP contribution in [0.25, 0.3) is 0 Å². The number of aryl methyl sites for hydroxylation is 1. The molecule has 10 heteroatoms. The maximum Gasteiger partial charge on any atom is 0.522 e. The second kappa shape index (κ2) is 6.31. The smallest absolute Gasteiger partial charge is 0.290 e. The van der Waals surface area contributed by atoms with Gasteiger partial charge in [-0.05, 0) is 12.8 Å². The molecule has 1 aromatic heterocycles. The van der Waals surface area contributed by atoms with Crippen molar-refractivity contribution in [2.24, 2.45) is 0 Å². The highest BCUT2D eigenvalue weighted by atomic mass is 35.7. The first-order valence-corrected chi connectivity index (χ1v) is 8.15. The quantitative estimate of drug-likeness (QED) is 0.750. The minimum absolute atomic E-state index is 0.115. The van der Waals surface area contributed by atoms with Gasteiger partial charge in [0.1, 0.15) is 4.90 Å². The molecule has 0 aliphatic heterocycles. The molecule has 0 aliphatic rings. The van der Waals surface area contributed by atoms with E-state index < -0.39 is 22.0 Å². The zero-order valence-electron chi connectivity index (χ0n) is 10.9. The Morgan fingerprint density at radius 3 is 2.30 bits per heavy atom. The van der Waals surface area contributed by atoms with E-state index in [1.807, 2.05) is 0 Å². The van der Waals surface area contributed by atoms with Crippen LogP contribution in [0.3, 0.4) is 0 Å². The summed E-state index contributed by atoms with van der Waals surface area (Å²) < 4.78 is 63.7. The second-order valence-electron chi connectivity index (χ2n) is 3.88. The SMILES string of the molecule is CCc1nn(CCOC(F)(F)F)c(CC)c1S(=O)(=O)Cl. The predicted octanol–water partition coefficient (Wildman–Crippen LogP) is 2.47. The third kappa shape index (κ3) is 4.35. The molecule has 0 N–H and O–H groups in total. The van der Waals surface area contributed by atoms with Gasteiger partial charge in [-0.15, -0.1) is 13.2 Å². The second-order valence-corrected chi connectivity index (χ2v) is 6.39. The summed E-state index contributed by atoms with van der Waals surface area (Å²) in [6, 6.07) is 0. The number of aromatic nitrogens is 2. The van der Waals surface area contributed by atoms with Crippen LogP contribution in [0.1, 0.15) is 25.2 Å². The first-order chi connectivity index (χ1) is 9.10. The summed E-state index contributed by atoms with van der Waals surface area (Å²) in [6.07, 6.45) is -4.14. The number of hydrogen-bond acceptors (Lipinski definition) is 4. The Labute approximate surface area is 119 Å². The van der Waals surface area contributed by atoms with Crippen molar-refractivity contribution in [3.05, 3.63) is 11.4 Å². The highest BCUT2D eigenvalue weighted by Gasteiger charge is 2.30. The molecule has 0 saturated carbocycles. The van der Waals surface area contributed by atoms with E-state index in [1.165, 1.54) is 4.68 Å². The Bertz CT molecular complexity index is 569. The molecule has 0 aliphatic carbocycles. The van der Waals surface area contributed by atoms with Crippen LogP contribution in [0.2, 0.25) is 0 Å². The highest BCUT2D eigenvalue weighted by molar-refractivity contribution is 8.13. The summed E-state index contributed by atoms with van der Waals surface area (Å²) in [5.74, 6) is 0. The van der Waals surface area contributed by atoms with Gasteiger partial charge in [-0.25, -0.2) is 8.42 Å². The standard InChI is InChI=1S/C10H14ClF3N2O3S/c1-3-7-9(20(11,17)18)8(4-2)16(15-7)5-6-19-10(12,13)14/h3-6H2,1-2H3. The molecule has 0 aromatic carbocycles. The van der Waals surface area contributed by atoms with Gasteiger partial charge in [-0.2, -0.15) is 5.10 Å². The van der Waals surface area contributed by atoms with Crippen molar-refractivity contribution in [3.63, 3.8) is 0 Å². The number of rotatable bonds is 6. The lowest BCUT2D eigenvalue weighted by molar-refractivity contribution is -0.325. The zero-order valence-corrected chi connectivity index (χ0v) is 12.4. The van der Waals surface area contributed by atoms with Gasteiger partial charge in [-0.1, -0.05) is 13.8 Å². The maximum absolute atomic E-state index is 11.9. The molecule has 0 unspecified atom stereocenters. The molecule has 116 valence electrons. The van der Waals surface area contributed by atoms with Gasteiger partial charge in [-0.3, -0.25) is 9.42 Å². The van der Waals surface area contributed by atoms with Gasteiger partial charge < -0.3 is 0 Å². The molecule has 1 rings (SSSR count). The van der Waals surface area contributed by atoms with Crippen molar-refractivity contribution in [3.8, 4) is 0 Å². The van der Waals surface area contributed by atoms with Gasteiger partial charge in [0.05, 0.1) is 24.5 Å². The van der Waals surface area contributed by atoms with Gasteiger partial charge >= 0.3 is 6.36 Å². The maximum atomic E-state index is 11.9. The van der Waals surface area contributed by atoms with Crippen LogP contribution in [-0.4, -0.2) is 31.2 Å². The lowest BCUT2D eigenvalue weighted by atomic mass is 10.2. The molecule has 20 heavy (non-hydrogen) atoms. The van der Waals surface area contributed by atoms with E-state index in [9.17, 15) is 21.6 Å². The summed E-state index contributed by atoms with van der Waals surface area (Å²) in [4.78, 5) is -0.115. The molecule has 0 bridgehead atoms.